The molecule has 7 heteroatoms. The van der Waals surface area contributed by atoms with Crippen LogP contribution in [0.3, 0.4) is 0 Å². The maximum atomic E-state index is 12.8. The number of benzene rings is 2. The molecule has 2 heterocycles. The second-order valence-corrected chi connectivity index (χ2v) is 7.79. The number of ether oxygens (including phenoxy) is 1. The highest BCUT2D eigenvalue weighted by Crippen LogP contribution is 2.48. The van der Waals surface area contributed by atoms with E-state index in [0.29, 0.717) is 17.7 Å². The van der Waals surface area contributed by atoms with E-state index >= 15 is 0 Å². The quantitative estimate of drug-likeness (QED) is 0.469. The Kier molecular flexibility index (Phi) is 3.75. The molecule has 4 N–H and O–H groups in total. The molecule has 2 aromatic carbocycles. The van der Waals surface area contributed by atoms with Gasteiger partial charge in [0, 0.05) is 17.2 Å². The van der Waals surface area contributed by atoms with Gasteiger partial charge >= 0.3 is 0 Å². The zero-order valence-electron chi connectivity index (χ0n) is 15.6. The van der Waals surface area contributed by atoms with E-state index in [-0.39, 0.29) is 39.7 Å². The average Bonchev–Trinajstić information content (AvgIpc) is 2.58. The smallest absolute Gasteiger partial charge is 0.238 e. The van der Waals surface area contributed by atoms with Gasteiger partial charge in [0.15, 0.2) is 17.3 Å². The minimum Gasteiger partial charge on any atom is -0.507 e. The van der Waals surface area contributed by atoms with Gasteiger partial charge in [0.2, 0.25) is 11.2 Å². The van der Waals surface area contributed by atoms with Crippen molar-refractivity contribution in [2.45, 2.75) is 38.7 Å². The van der Waals surface area contributed by atoms with Crippen LogP contribution in [0.25, 0.3) is 22.3 Å². The summed E-state index contributed by atoms with van der Waals surface area (Å²) in [5, 5.41) is 39.9. The van der Waals surface area contributed by atoms with Crippen LogP contribution in [-0.4, -0.2) is 26.0 Å². The molecule has 0 saturated heterocycles. The fourth-order valence-electron chi connectivity index (χ4n) is 3.92. The van der Waals surface area contributed by atoms with Crippen molar-refractivity contribution in [2.24, 2.45) is 0 Å². The Bertz CT molecular complexity index is 1170. The topological polar surface area (TPSA) is 120 Å². The minimum absolute atomic E-state index is 0.0318. The van der Waals surface area contributed by atoms with Gasteiger partial charge < -0.3 is 29.6 Å². The molecule has 28 heavy (non-hydrogen) atoms. The molecule has 1 aliphatic heterocycles. The van der Waals surface area contributed by atoms with Crippen LogP contribution in [0.4, 0.5) is 0 Å². The highest BCUT2D eigenvalue weighted by Gasteiger charge is 2.35. The van der Waals surface area contributed by atoms with Crippen LogP contribution in [0, 0.1) is 0 Å². The van der Waals surface area contributed by atoms with Gasteiger partial charge in [-0.15, -0.1) is 0 Å². The van der Waals surface area contributed by atoms with Gasteiger partial charge in [0.05, 0.1) is 0 Å². The van der Waals surface area contributed by atoms with Crippen molar-refractivity contribution < 1.29 is 29.6 Å². The molecule has 0 amide bonds. The molecule has 1 aliphatic rings. The lowest BCUT2D eigenvalue weighted by Gasteiger charge is -2.36. The lowest BCUT2D eigenvalue weighted by Crippen LogP contribution is -2.34. The number of rotatable bonds is 1. The van der Waals surface area contributed by atoms with Gasteiger partial charge in [-0.3, -0.25) is 4.79 Å². The van der Waals surface area contributed by atoms with Gasteiger partial charge in [0.1, 0.15) is 28.1 Å². The summed E-state index contributed by atoms with van der Waals surface area (Å²) in [5.74, 6) is -1.59. The van der Waals surface area contributed by atoms with Crippen LogP contribution >= 0.6 is 0 Å². The van der Waals surface area contributed by atoms with Crippen LogP contribution in [0.15, 0.2) is 33.5 Å². The third-order valence-electron chi connectivity index (χ3n) is 5.04. The van der Waals surface area contributed by atoms with Crippen molar-refractivity contribution in [2.75, 3.05) is 0 Å². The Morgan fingerprint density at radius 1 is 1.04 bits per heavy atom. The summed E-state index contributed by atoms with van der Waals surface area (Å²) >= 11 is 0. The summed E-state index contributed by atoms with van der Waals surface area (Å²) < 4.78 is 11.9. The zero-order chi connectivity index (χ0) is 20.4. The molecule has 146 valence electrons. The van der Waals surface area contributed by atoms with Crippen molar-refractivity contribution in [1.82, 2.24) is 0 Å². The highest BCUT2D eigenvalue weighted by molar-refractivity contribution is 5.91. The molecule has 1 unspecified atom stereocenters. The zero-order valence-corrected chi connectivity index (χ0v) is 15.6. The second-order valence-electron chi connectivity index (χ2n) is 7.79. The fraction of sp³-hybridized carbons (Fsp3) is 0.286. The molecule has 4 rings (SSSR count). The molecular formula is C21H20O7. The van der Waals surface area contributed by atoms with Crippen molar-refractivity contribution in [3.8, 4) is 40.1 Å². The summed E-state index contributed by atoms with van der Waals surface area (Å²) in [6.07, 6.45) is 0.666. The highest BCUT2D eigenvalue weighted by atomic mass is 16.5. The Morgan fingerprint density at radius 3 is 2.43 bits per heavy atom. The number of fused-ring (bicyclic) bond motifs is 3. The molecule has 7 nitrogen and oxygen atoms in total. The Balaban J connectivity index is 2.08. The first kappa shape index (κ1) is 18.0. The molecule has 0 radical (unpaired) electrons. The first-order valence-corrected chi connectivity index (χ1v) is 8.86. The largest absolute Gasteiger partial charge is 0.507 e. The lowest BCUT2D eigenvalue weighted by molar-refractivity contribution is 0.0746. The average molecular weight is 384 g/mol. The van der Waals surface area contributed by atoms with E-state index in [1.54, 1.807) is 0 Å². The first-order valence-electron chi connectivity index (χ1n) is 8.86. The molecule has 0 fully saturated rings. The van der Waals surface area contributed by atoms with Crippen molar-refractivity contribution in [3.05, 3.63) is 40.1 Å². The third-order valence-corrected chi connectivity index (χ3v) is 5.04. The molecule has 1 aromatic heterocycles. The number of hydrogen-bond acceptors (Lipinski definition) is 7. The van der Waals surface area contributed by atoms with E-state index in [0.717, 1.165) is 0 Å². The van der Waals surface area contributed by atoms with Gasteiger partial charge in [0.25, 0.3) is 0 Å². The number of hydrogen-bond donors (Lipinski definition) is 4. The number of phenolic OH excluding ortho intramolecular Hbond substituents is 3. The van der Waals surface area contributed by atoms with E-state index in [9.17, 15) is 25.2 Å². The normalized spacial score (nSPS) is 17.9. The Hall–Kier alpha value is -3.35. The van der Waals surface area contributed by atoms with Crippen molar-refractivity contribution in [3.63, 3.8) is 0 Å². The number of aromatic hydroxyl groups is 4. The van der Waals surface area contributed by atoms with E-state index in [4.69, 9.17) is 9.15 Å². The van der Waals surface area contributed by atoms with Crippen LogP contribution in [0.1, 0.15) is 38.7 Å². The van der Waals surface area contributed by atoms with Gasteiger partial charge in [-0.25, -0.2) is 0 Å². The molecule has 0 bridgehead atoms. The summed E-state index contributed by atoms with van der Waals surface area (Å²) in [4.78, 5) is 12.8. The van der Waals surface area contributed by atoms with Crippen molar-refractivity contribution >= 4 is 11.0 Å². The minimum atomic E-state index is -0.791. The van der Waals surface area contributed by atoms with E-state index in [2.05, 4.69) is 0 Å². The molecule has 3 aromatic rings. The summed E-state index contributed by atoms with van der Waals surface area (Å²) in [6.45, 7) is 5.84. The Labute approximate surface area is 160 Å². The van der Waals surface area contributed by atoms with Crippen LogP contribution < -0.4 is 10.2 Å². The molecule has 1 atom stereocenters. The first-order chi connectivity index (χ1) is 13.1. The van der Waals surface area contributed by atoms with Gasteiger partial charge in [-0.05, 0) is 44.4 Å². The van der Waals surface area contributed by atoms with Crippen LogP contribution in [0.2, 0.25) is 0 Å². The predicted molar refractivity (Wildman–Crippen MR) is 102 cm³/mol. The van der Waals surface area contributed by atoms with E-state index < -0.39 is 22.5 Å². The van der Waals surface area contributed by atoms with Crippen molar-refractivity contribution in [1.29, 1.82) is 0 Å². The SMILES string of the molecule is CC1CC(C)(C)Oc2cc(O)c3c(=O)c(O)c(-c4ccc(O)c(O)c4)oc3c21. The second kappa shape index (κ2) is 5.82. The molecule has 0 spiro atoms. The van der Waals surface area contributed by atoms with Gasteiger partial charge in [-0.1, -0.05) is 6.92 Å². The summed E-state index contributed by atoms with van der Waals surface area (Å²) in [7, 11) is 0. The van der Waals surface area contributed by atoms with Crippen LogP contribution in [-0.2, 0) is 0 Å². The van der Waals surface area contributed by atoms with Crippen LogP contribution in [0.5, 0.6) is 28.7 Å². The molecule has 0 saturated carbocycles. The standard InChI is InChI=1S/C21H20O7/c1-9-8-21(2,3)28-14-7-13(24)16-17(25)18(26)19(27-20(16)15(9)14)10-4-5-11(22)12(23)6-10/h4-7,9,22-24,26H,8H2,1-3H3. The summed E-state index contributed by atoms with van der Waals surface area (Å²) in [6, 6.07) is 5.17. The van der Waals surface area contributed by atoms with E-state index in [1.807, 2.05) is 20.8 Å². The summed E-state index contributed by atoms with van der Waals surface area (Å²) in [5.41, 5.74) is -0.276. The molecule has 0 aliphatic carbocycles. The van der Waals surface area contributed by atoms with Gasteiger partial charge in [-0.2, -0.15) is 0 Å². The monoisotopic (exact) mass is 384 g/mol. The predicted octanol–water partition coefficient (Wildman–Crippen LogP) is 3.95. The van der Waals surface area contributed by atoms with E-state index in [1.165, 1.54) is 24.3 Å². The molecular weight excluding hydrogens is 364 g/mol. The third kappa shape index (κ3) is 2.62. The Morgan fingerprint density at radius 2 is 1.75 bits per heavy atom. The number of phenols is 3. The maximum Gasteiger partial charge on any atom is 0.238 e. The maximum absolute atomic E-state index is 12.8. The fourth-order valence-corrected chi connectivity index (χ4v) is 3.92. The lowest BCUT2D eigenvalue weighted by atomic mass is 9.84.